The molecular weight excluding hydrogens is 288 g/mol. The number of nitrogens with one attached hydrogen (secondary N) is 1. The Bertz CT molecular complexity index is 774. The van der Waals surface area contributed by atoms with Crippen molar-refractivity contribution in [3.8, 4) is 11.5 Å². The predicted octanol–water partition coefficient (Wildman–Crippen LogP) is 3.80. The highest BCUT2D eigenvalue weighted by atomic mass is 16.5. The summed E-state index contributed by atoms with van der Waals surface area (Å²) in [6, 6.07) is 20.3. The summed E-state index contributed by atoms with van der Waals surface area (Å²) in [5, 5.41) is 2.88. The van der Waals surface area contributed by atoms with Crippen molar-refractivity contribution in [2.75, 3.05) is 0 Å². The van der Waals surface area contributed by atoms with Gasteiger partial charge >= 0.3 is 0 Å². The van der Waals surface area contributed by atoms with Crippen LogP contribution in [-0.4, -0.2) is 10.9 Å². The van der Waals surface area contributed by atoms with Gasteiger partial charge in [0.2, 0.25) is 0 Å². The first-order chi connectivity index (χ1) is 11.3. The van der Waals surface area contributed by atoms with Crippen molar-refractivity contribution in [1.82, 2.24) is 10.3 Å². The van der Waals surface area contributed by atoms with E-state index in [1.54, 1.807) is 24.5 Å². The maximum absolute atomic E-state index is 12.4. The molecular formula is C19H16N2O2. The van der Waals surface area contributed by atoms with E-state index in [0.29, 0.717) is 23.6 Å². The van der Waals surface area contributed by atoms with Crippen LogP contribution in [0, 0.1) is 0 Å². The zero-order chi connectivity index (χ0) is 15.9. The van der Waals surface area contributed by atoms with Crippen molar-refractivity contribution in [3.63, 3.8) is 0 Å². The normalized spacial score (nSPS) is 10.1. The van der Waals surface area contributed by atoms with E-state index in [0.717, 1.165) is 5.56 Å². The first-order valence-corrected chi connectivity index (χ1v) is 7.32. The molecule has 0 atom stereocenters. The number of benzene rings is 2. The van der Waals surface area contributed by atoms with Gasteiger partial charge in [-0.15, -0.1) is 0 Å². The van der Waals surface area contributed by atoms with E-state index >= 15 is 0 Å². The number of aromatic nitrogens is 1. The summed E-state index contributed by atoms with van der Waals surface area (Å²) in [7, 11) is 0. The summed E-state index contributed by atoms with van der Waals surface area (Å²) in [5.41, 5.74) is 1.45. The van der Waals surface area contributed by atoms with Gasteiger partial charge in [0.1, 0.15) is 11.5 Å². The molecule has 4 heteroatoms. The molecule has 3 rings (SSSR count). The largest absolute Gasteiger partial charge is 0.457 e. The van der Waals surface area contributed by atoms with Gasteiger partial charge in [0.15, 0.2) is 0 Å². The molecule has 0 aliphatic heterocycles. The van der Waals surface area contributed by atoms with Crippen molar-refractivity contribution in [2.45, 2.75) is 6.54 Å². The molecule has 0 unspecified atom stereocenters. The topological polar surface area (TPSA) is 51.2 Å². The van der Waals surface area contributed by atoms with Gasteiger partial charge in [-0.1, -0.05) is 36.4 Å². The summed E-state index contributed by atoms with van der Waals surface area (Å²) in [5.74, 6) is 1.04. The minimum absolute atomic E-state index is 0.180. The van der Waals surface area contributed by atoms with Gasteiger partial charge < -0.3 is 10.1 Å². The fraction of sp³-hybridized carbons (Fsp3) is 0.0526. The second-order valence-corrected chi connectivity index (χ2v) is 4.96. The van der Waals surface area contributed by atoms with Gasteiger partial charge in [0.05, 0.1) is 5.56 Å². The third kappa shape index (κ3) is 3.95. The number of ether oxygens (including phenoxy) is 1. The third-order valence-electron chi connectivity index (χ3n) is 3.28. The molecule has 1 N–H and O–H groups in total. The van der Waals surface area contributed by atoms with Crippen LogP contribution in [0.2, 0.25) is 0 Å². The van der Waals surface area contributed by atoms with Crippen molar-refractivity contribution < 1.29 is 9.53 Å². The van der Waals surface area contributed by atoms with E-state index in [4.69, 9.17) is 4.74 Å². The molecule has 1 heterocycles. The zero-order valence-electron chi connectivity index (χ0n) is 12.5. The van der Waals surface area contributed by atoms with Gasteiger partial charge in [-0.25, -0.2) is 0 Å². The summed E-state index contributed by atoms with van der Waals surface area (Å²) in [6.45, 7) is 0.423. The van der Waals surface area contributed by atoms with E-state index in [1.807, 2.05) is 54.6 Å². The predicted molar refractivity (Wildman–Crippen MR) is 88.4 cm³/mol. The molecule has 4 nitrogen and oxygen atoms in total. The fourth-order valence-electron chi connectivity index (χ4n) is 2.14. The SMILES string of the molecule is O=C(NCc1cccnc1)c1ccccc1Oc1ccccc1. The van der Waals surface area contributed by atoms with Crippen LogP contribution in [0.5, 0.6) is 11.5 Å². The molecule has 0 fully saturated rings. The number of para-hydroxylation sites is 2. The Balaban J connectivity index is 1.73. The molecule has 23 heavy (non-hydrogen) atoms. The minimum atomic E-state index is -0.180. The summed E-state index contributed by atoms with van der Waals surface area (Å²) < 4.78 is 5.81. The van der Waals surface area contributed by atoms with Crippen LogP contribution >= 0.6 is 0 Å². The maximum atomic E-state index is 12.4. The lowest BCUT2D eigenvalue weighted by molar-refractivity contribution is 0.0948. The van der Waals surface area contributed by atoms with Gasteiger partial charge in [-0.3, -0.25) is 9.78 Å². The second kappa shape index (κ2) is 7.22. The zero-order valence-corrected chi connectivity index (χ0v) is 12.5. The maximum Gasteiger partial charge on any atom is 0.255 e. The number of amides is 1. The molecule has 0 spiro atoms. The van der Waals surface area contributed by atoms with Gasteiger partial charge in [-0.2, -0.15) is 0 Å². The Morgan fingerprint density at radius 2 is 1.74 bits per heavy atom. The lowest BCUT2D eigenvalue weighted by Crippen LogP contribution is -2.23. The van der Waals surface area contributed by atoms with Crippen LogP contribution in [0.25, 0.3) is 0 Å². The van der Waals surface area contributed by atoms with E-state index < -0.39 is 0 Å². The van der Waals surface area contributed by atoms with Crippen molar-refractivity contribution in [1.29, 1.82) is 0 Å². The molecule has 0 aliphatic rings. The molecule has 1 amide bonds. The highest BCUT2D eigenvalue weighted by Gasteiger charge is 2.12. The molecule has 0 bridgehead atoms. The lowest BCUT2D eigenvalue weighted by atomic mass is 10.2. The van der Waals surface area contributed by atoms with E-state index in [9.17, 15) is 4.79 Å². The summed E-state index contributed by atoms with van der Waals surface area (Å²) >= 11 is 0. The highest BCUT2D eigenvalue weighted by Crippen LogP contribution is 2.24. The number of nitrogens with zero attached hydrogens (tertiary/aromatic N) is 1. The van der Waals surface area contributed by atoms with E-state index in [2.05, 4.69) is 10.3 Å². The number of pyridine rings is 1. The Kier molecular flexibility index (Phi) is 4.64. The van der Waals surface area contributed by atoms with Crippen LogP contribution in [0.15, 0.2) is 79.1 Å². The highest BCUT2D eigenvalue weighted by molar-refractivity contribution is 5.96. The van der Waals surface area contributed by atoms with Crippen molar-refractivity contribution in [3.05, 3.63) is 90.3 Å². The van der Waals surface area contributed by atoms with E-state index in [1.165, 1.54) is 0 Å². The molecule has 0 saturated carbocycles. The Morgan fingerprint density at radius 1 is 0.957 bits per heavy atom. The van der Waals surface area contributed by atoms with Crippen LogP contribution in [0.4, 0.5) is 0 Å². The molecule has 114 valence electrons. The van der Waals surface area contributed by atoms with Crippen LogP contribution < -0.4 is 10.1 Å². The number of hydrogen-bond donors (Lipinski definition) is 1. The summed E-state index contributed by atoms with van der Waals surface area (Å²) in [4.78, 5) is 16.5. The number of carbonyl (C=O) groups excluding carboxylic acids is 1. The molecule has 0 radical (unpaired) electrons. The Labute approximate surface area is 134 Å². The summed E-state index contributed by atoms with van der Waals surface area (Å²) in [6.07, 6.45) is 3.43. The molecule has 0 aliphatic carbocycles. The standard InChI is InChI=1S/C19H16N2O2/c22-19(21-14-15-7-6-12-20-13-15)17-10-4-5-11-18(17)23-16-8-2-1-3-9-16/h1-13H,14H2,(H,21,22). The van der Waals surface area contributed by atoms with Crippen molar-refractivity contribution in [2.24, 2.45) is 0 Å². The Hall–Kier alpha value is -3.14. The van der Waals surface area contributed by atoms with Gasteiger partial charge in [0.25, 0.3) is 5.91 Å². The Morgan fingerprint density at radius 3 is 2.52 bits per heavy atom. The first-order valence-electron chi connectivity index (χ1n) is 7.32. The van der Waals surface area contributed by atoms with Crippen LogP contribution in [-0.2, 0) is 6.54 Å². The monoisotopic (exact) mass is 304 g/mol. The van der Waals surface area contributed by atoms with Crippen molar-refractivity contribution >= 4 is 5.91 Å². The quantitative estimate of drug-likeness (QED) is 0.780. The molecule has 1 aromatic heterocycles. The van der Waals surface area contributed by atoms with Crippen LogP contribution in [0.1, 0.15) is 15.9 Å². The van der Waals surface area contributed by atoms with Gasteiger partial charge in [-0.05, 0) is 35.9 Å². The second-order valence-electron chi connectivity index (χ2n) is 4.96. The molecule has 2 aromatic carbocycles. The molecule has 3 aromatic rings. The third-order valence-corrected chi connectivity index (χ3v) is 3.28. The van der Waals surface area contributed by atoms with Gasteiger partial charge in [0, 0.05) is 18.9 Å². The smallest absolute Gasteiger partial charge is 0.255 e. The lowest BCUT2D eigenvalue weighted by Gasteiger charge is -2.11. The fourth-order valence-corrected chi connectivity index (χ4v) is 2.14. The number of rotatable bonds is 5. The van der Waals surface area contributed by atoms with E-state index in [-0.39, 0.29) is 5.91 Å². The number of carbonyl (C=O) groups is 1. The average molecular weight is 304 g/mol. The molecule has 0 saturated heterocycles. The number of hydrogen-bond acceptors (Lipinski definition) is 3. The average Bonchev–Trinajstić information content (AvgIpc) is 2.62. The first kappa shape index (κ1) is 14.8. The van der Waals surface area contributed by atoms with Crippen LogP contribution in [0.3, 0.4) is 0 Å². The minimum Gasteiger partial charge on any atom is -0.457 e.